The van der Waals surface area contributed by atoms with E-state index < -0.39 is 0 Å². The smallest absolute Gasteiger partial charge is 0.110 e. The van der Waals surface area contributed by atoms with Crippen LogP contribution in [-0.2, 0) is 6.42 Å². The Morgan fingerprint density at radius 3 is 2.91 bits per heavy atom. The molecule has 0 fully saturated rings. The van der Waals surface area contributed by atoms with Crippen LogP contribution in [-0.4, -0.2) is 11.5 Å². The van der Waals surface area contributed by atoms with Gasteiger partial charge in [-0.25, -0.2) is 0 Å². The molecule has 22 heavy (non-hydrogen) atoms. The lowest BCUT2D eigenvalue weighted by molar-refractivity contribution is 0.585. The van der Waals surface area contributed by atoms with Gasteiger partial charge in [0.1, 0.15) is 10.9 Å². The lowest BCUT2D eigenvalue weighted by Crippen LogP contribution is -2.20. The average Bonchev–Trinajstić information content (AvgIpc) is 3.04. The van der Waals surface area contributed by atoms with Crippen molar-refractivity contribution in [2.45, 2.75) is 19.4 Å². The molecule has 1 N–H and O–H groups in total. The van der Waals surface area contributed by atoms with Crippen molar-refractivity contribution in [1.82, 2.24) is 10.3 Å². The fourth-order valence-electron chi connectivity index (χ4n) is 2.54. The molecule has 3 nitrogen and oxygen atoms in total. The number of nitrogens with zero attached hydrogens (tertiary/aromatic N) is 2. The van der Waals surface area contributed by atoms with Gasteiger partial charge < -0.3 is 5.32 Å². The maximum Gasteiger partial charge on any atom is 0.110 e. The second kappa shape index (κ2) is 6.69. The molecule has 0 saturated heterocycles. The Hall–Kier alpha value is -2.22. The summed E-state index contributed by atoms with van der Waals surface area (Å²) in [6.45, 7) is 3.02. The summed E-state index contributed by atoms with van der Waals surface area (Å²) in [5, 5.41) is 13.6. The number of hydrogen-bond donors (Lipinski definition) is 1. The van der Waals surface area contributed by atoms with Crippen LogP contribution in [0, 0.1) is 11.3 Å². The van der Waals surface area contributed by atoms with Crippen LogP contribution in [0.5, 0.6) is 0 Å². The fourth-order valence-corrected chi connectivity index (χ4v) is 3.37. The van der Waals surface area contributed by atoms with Crippen molar-refractivity contribution in [1.29, 1.82) is 5.26 Å². The molecule has 4 heteroatoms. The predicted molar refractivity (Wildman–Crippen MR) is 90.9 cm³/mol. The van der Waals surface area contributed by atoms with Gasteiger partial charge in [0, 0.05) is 22.5 Å². The van der Waals surface area contributed by atoms with E-state index in [0.717, 1.165) is 23.4 Å². The molecule has 2 aromatic heterocycles. The van der Waals surface area contributed by atoms with Crippen LogP contribution in [0.2, 0.25) is 0 Å². The number of thiophene rings is 1. The number of nitrogens with one attached hydrogen (secondary N) is 1. The van der Waals surface area contributed by atoms with Crippen molar-refractivity contribution in [3.05, 3.63) is 64.0 Å². The van der Waals surface area contributed by atoms with Gasteiger partial charge in [-0.1, -0.05) is 24.3 Å². The first-order valence-corrected chi connectivity index (χ1v) is 8.15. The third-order valence-corrected chi connectivity index (χ3v) is 4.90. The number of hydrogen-bond acceptors (Lipinski definition) is 4. The van der Waals surface area contributed by atoms with Crippen LogP contribution >= 0.6 is 11.3 Å². The van der Waals surface area contributed by atoms with Crippen LogP contribution < -0.4 is 5.32 Å². The van der Waals surface area contributed by atoms with E-state index in [-0.39, 0.29) is 6.04 Å². The van der Waals surface area contributed by atoms with E-state index >= 15 is 0 Å². The van der Waals surface area contributed by atoms with E-state index in [1.165, 1.54) is 15.8 Å². The number of benzene rings is 1. The summed E-state index contributed by atoms with van der Waals surface area (Å²) in [7, 11) is 0. The molecule has 3 rings (SSSR count). The number of rotatable bonds is 5. The highest BCUT2D eigenvalue weighted by atomic mass is 32.1. The van der Waals surface area contributed by atoms with Crippen molar-refractivity contribution in [2.75, 3.05) is 6.54 Å². The first kappa shape index (κ1) is 14.7. The minimum Gasteiger partial charge on any atom is -0.309 e. The molecule has 0 aliphatic rings. The molecule has 0 radical (unpaired) electrons. The van der Waals surface area contributed by atoms with Gasteiger partial charge in [0.05, 0.1) is 5.52 Å². The number of pyridine rings is 1. The molecular formula is C18H17N3S. The molecule has 110 valence electrons. The van der Waals surface area contributed by atoms with Gasteiger partial charge in [-0.3, -0.25) is 4.98 Å². The van der Waals surface area contributed by atoms with E-state index in [4.69, 9.17) is 5.26 Å². The molecule has 0 aliphatic heterocycles. The fraction of sp³-hybridized carbons (Fsp3) is 0.222. The van der Waals surface area contributed by atoms with E-state index in [0.29, 0.717) is 0 Å². The van der Waals surface area contributed by atoms with Crippen molar-refractivity contribution >= 4 is 22.2 Å². The number of fused-ring (bicyclic) bond motifs is 1. The number of aromatic nitrogens is 1. The molecule has 0 amide bonds. The van der Waals surface area contributed by atoms with E-state index in [1.807, 2.05) is 24.4 Å². The summed E-state index contributed by atoms with van der Waals surface area (Å²) in [4.78, 5) is 6.46. The Morgan fingerprint density at radius 2 is 2.09 bits per heavy atom. The summed E-state index contributed by atoms with van der Waals surface area (Å²) < 4.78 is 0. The highest BCUT2D eigenvalue weighted by molar-refractivity contribution is 7.12. The van der Waals surface area contributed by atoms with Crippen molar-refractivity contribution in [3.8, 4) is 6.07 Å². The first-order valence-electron chi connectivity index (χ1n) is 7.34. The SMILES string of the molecule is C[C@@H](NCCc1cccc2cccnc12)c1ccc(C#N)s1. The molecule has 0 unspecified atom stereocenters. The Morgan fingerprint density at radius 1 is 1.23 bits per heavy atom. The number of nitriles is 1. The van der Waals surface area contributed by atoms with Crippen molar-refractivity contribution < 1.29 is 0 Å². The van der Waals surface area contributed by atoms with E-state index in [2.05, 4.69) is 47.6 Å². The highest BCUT2D eigenvalue weighted by Crippen LogP contribution is 2.22. The average molecular weight is 307 g/mol. The summed E-state index contributed by atoms with van der Waals surface area (Å²) in [6.07, 6.45) is 2.78. The van der Waals surface area contributed by atoms with E-state index in [9.17, 15) is 0 Å². The van der Waals surface area contributed by atoms with Gasteiger partial charge >= 0.3 is 0 Å². The zero-order valence-corrected chi connectivity index (χ0v) is 13.2. The standard InChI is InChI=1S/C18H17N3S/c1-13(17-8-7-16(12-19)22-17)20-11-9-15-5-2-4-14-6-3-10-21-18(14)15/h2-8,10,13,20H,9,11H2,1H3/t13-/m1/s1. The van der Waals surface area contributed by atoms with Crippen LogP contribution in [0.25, 0.3) is 10.9 Å². The molecule has 3 aromatic rings. The van der Waals surface area contributed by atoms with Gasteiger partial charge in [-0.2, -0.15) is 5.26 Å². The molecule has 0 saturated carbocycles. The lowest BCUT2D eigenvalue weighted by Gasteiger charge is -2.12. The molecule has 0 bridgehead atoms. The van der Waals surface area contributed by atoms with Crippen LogP contribution in [0.1, 0.15) is 28.3 Å². The monoisotopic (exact) mass is 307 g/mol. The topological polar surface area (TPSA) is 48.7 Å². The molecular weight excluding hydrogens is 290 g/mol. The van der Waals surface area contributed by atoms with Crippen LogP contribution in [0.15, 0.2) is 48.7 Å². The van der Waals surface area contributed by atoms with Gasteiger partial charge in [-0.15, -0.1) is 11.3 Å². The van der Waals surface area contributed by atoms with Crippen molar-refractivity contribution in [3.63, 3.8) is 0 Å². The first-order chi connectivity index (χ1) is 10.8. The summed E-state index contributed by atoms with van der Waals surface area (Å²) >= 11 is 1.55. The maximum absolute atomic E-state index is 8.89. The Balaban J connectivity index is 1.64. The summed E-state index contributed by atoms with van der Waals surface area (Å²) in [6, 6.07) is 16.7. The quantitative estimate of drug-likeness (QED) is 0.773. The van der Waals surface area contributed by atoms with Crippen LogP contribution in [0.3, 0.4) is 0 Å². The minimum absolute atomic E-state index is 0.259. The summed E-state index contributed by atoms with van der Waals surface area (Å²) in [5.74, 6) is 0. The van der Waals surface area contributed by atoms with Gasteiger partial charge in [-0.05, 0) is 43.7 Å². The predicted octanol–water partition coefficient (Wildman–Crippen LogP) is 4.06. The van der Waals surface area contributed by atoms with Crippen molar-refractivity contribution in [2.24, 2.45) is 0 Å². The van der Waals surface area contributed by atoms with Gasteiger partial charge in [0.2, 0.25) is 0 Å². The maximum atomic E-state index is 8.89. The Labute approximate surface area is 134 Å². The Bertz CT molecular complexity index is 811. The zero-order valence-electron chi connectivity index (χ0n) is 12.4. The third kappa shape index (κ3) is 3.16. The second-order valence-electron chi connectivity index (χ2n) is 5.23. The second-order valence-corrected chi connectivity index (χ2v) is 6.35. The highest BCUT2D eigenvalue weighted by Gasteiger charge is 2.08. The Kier molecular flexibility index (Phi) is 4.47. The molecule has 1 atom stereocenters. The number of para-hydroxylation sites is 1. The minimum atomic E-state index is 0.259. The third-order valence-electron chi connectivity index (χ3n) is 3.72. The lowest BCUT2D eigenvalue weighted by atomic mass is 10.1. The molecule has 1 aromatic carbocycles. The molecule has 0 aliphatic carbocycles. The van der Waals surface area contributed by atoms with Gasteiger partial charge in [0.15, 0.2) is 0 Å². The molecule has 2 heterocycles. The summed E-state index contributed by atoms with van der Waals surface area (Å²) in [5.41, 5.74) is 2.35. The molecule has 0 spiro atoms. The van der Waals surface area contributed by atoms with Gasteiger partial charge in [0.25, 0.3) is 0 Å². The zero-order chi connectivity index (χ0) is 15.4. The van der Waals surface area contributed by atoms with E-state index in [1.54, 1.807) is 11.3 Å². The largest absolute Gasteiger partial charge is 0.309 e. The van der Waals surface area contributed by atoms with Crippen LogP contribution in [0.4, 0.5) is 0 Å². The normalized spacial score (nSPS) is 12.2.